The van der Waals surface area contributed by atoms with Crippen LogP contribution >= 0.6 is 0 Å². The summed E-state index contributed by atoms with van der Waals surface area (Å²) in [6.07, 6.45) is 8.88. The fourth-order valence-corrected chi connectivity index (χ4v) is 4.08. The Morgan fingerprint density at radius 3 is 2.76 bits per heavy atom. The summed E-state index contributed by atoms with van der Waals surface area (Å²) < 4.78 is 30.0. The van der Waals surface area contributed by atoms with Gasteiger partial charge in [-0.15, -0.1) is 0 Å². The molecule has 0 amide bonds. The van der Waals surface area contributed by atoms with E-state index in [1.807, 2.05) is 0 Å². The van der Waals surface area contributed by atoms with Gasteiger partial charge in [0, 0.05) is 0 Å². The quantitative estimate of drug-likeness (QED) is 0.623. The first-order chi connectivity index (χ1) is 7.92. The highest BCUT2D eigenvalue weighted by molar-refractivity contribution is 7.85. The molecule has 98 valence electrons. The second-order valence-electron chi connectivity index (χ2n) is 5.84. The summed E-state index contributed by atoms with van der Waals surface area (Å²) in [5.74, 6) is 2.09. The van der Waals surface area contributed by atoms with Gasteiger partial charge in [-0.05, 0) is 56.3 Å². The molecule has 1 N–H and O–H groups in total. The van der Waals surface area contributed by atoms with Crippen LogP contribution in [-0.4, -0.2) is 18.7 Å². The Balaban J connectivity index is 1.83. The molecule has 2 bridgehead atoms. The van der Waals surface area contributed by atoms with Gasteiger partial charge in [-0.25, -0.2) is 0 Å². The topological polar surface area (TPSA) is 54.4 Å². The zero-order valence-electron chi connectivity index (χ0n) is 10.4. The van der Waals surface area contributed by atoms with E-state index >= 15 is 0 Å². The Kier molecular flexibility index (Phi) is 3.93. The zero-order valence-corrected chi connectivity index (χ0v) is 11.2. The van der Waals surface area contributed by atoms with Crippen molar-refractivity contribution in [1.29, 1.82) is 0 Å². The van der Waals surface area contributed by atoms with E-state index in [0.29, 0.717) is 12.3 Å². The molecule has 0 aromatic heterocycles. The van der Waals surface area contributed by atoms with Crippen molar-refractivity contribution in [1.82, 2.24) is 0 Å². The molecule has 0 aliphatic heterocycles. The van der Waals surface area contributed by atoms with Crippen molar-refractivity contribution in [2.45, 2.75) is 45.4 Å². The van der Waals surface area contributed by atoms with Crippen LogP contribution in [0, 0.1) is 17.8 Å². The molecule has 3 nitrogen and oxygen atoms in total. The van der Waals surface area contributed by atoms with Crippen LogP contribution in [0.3, 0.4) is 0 Å². The van der Waals surface area contributed by atoms with Gasteiger partial charge in [0.05, 0.1) is 5.75 Å². The standard InChI is InChI=1S/C13H22O3S/c1-10-5-12-7-11(8-13(6-10)9-12)3-2-4-17(14,15)16/h5,10-11,13H,2-4,6-9H2,1H3,(H,14,15,16). The van der Waals surface area contributed by atoms with Crippen molar-refractivity contribution in [2.75, 3.05) is 5.75 Å². The fourth-order valence-electron chi connectivity index (χ4n) is 3.55. The lowest BCUT2D eigenvalue weighted by Crippen LogP contribution is -2.23. The van der Waals surface area contributed by atoms with Crippen molar-refractivity contribution in [3.05, 3.63) is 11.6 Å². The highest BCUT2D eigenvalue weighted by Crippen LogP contribution is 2.42. The van der Waals surface area contributed by atoms with Crippen LogP contribution in [0.4, 0.5) is 0 Å². The molecule has 0 aromatic rings. The molecular weight excluding hydrogens is 236 g/mol. The maximum absolute atomic E-state index is 10.7. The lowest BCUT2D eigenvalue weighted by Gasteiger charge is -2.36. The third kappa shape index (κ3) is 4.11. The molecule has 0 saturated heterocycles. The van der Waals surface area contributed by atoms with Gasteiger partial charge in [-0.1, -0.05) is 18.6 Å². The van der Waals surface area contributed by atoms with Crippen LogP contribution in [0.5, 0.6) is 0 Å². The Labute approximate surface area is 104 Å². The van der Waals surface area contributed by atoms with E-state index in [1.165, 1.54) is 19.3 Å². The maximum Gasteiger partial charge on any atom is 0.264 e. The van der Waals surface area contributed by atoms with E-state index < -0.39 is 10.1 Å². The second kappa shape index (κ2) is 5.11. The molecular formula is C13H22O3S. The lowest BCUT2D eigenvalue weighted by atomic mass is 9.70. The predicted molar refractivity (Wildman–Crippen MR) is 68.3 cm³/mol. The third-order valence-electron chi connectivity index (χ3n) is 4.01. The van der Waals surface area contributed by atoms with Gasteiger partial charge >= 0.3 is 0 Å². The van der Waals surface area contributed by atoms with Gasteiger partial charge in [0.25, 0.3) is 10.1 Å². The van der Waals surface area contributed by atoms with E-state index in [-0.39, 0.29) is 5.75 Å². The van der Waals surface area contributed by atoms with Gasteiger partial charge in [-0.3, -0.25) is 4.55 Å². The molecule has 3 atom stereocenters. The van der Waals surface area contributed by atoms with Crippen molar-refractivity contribution >= 4 is 10.1 Å². The summed E-state index contributed by atoms with van der Waals surface area (Å²) in [6, 6.07) is 0. The highest BCUT2D eigenvalue weighted by Gasteiger charge is 2.29. The van der Waals surface area contributed by atoms with Crippen LogP contribution in [0.15, 0.2) is 11.6 Å². The van der Waals surface area contributed by atoms with Gasteiger partial charge in [0.15, 0.2) is 0 Å². The summed E-state index contributed by atoms with van der Waals surface area (Å²) in [5, 5.41) is 0. The van der Waals surface area contributed by atoms with E-state index in [0.717, 1.165) is 24.7 Å². The average Bonchev–Trinajstić information content (AvgIpc) is 2.13. The van der Waals surface area contributed by atoms with Crippen molar-refractivity contribution in [3.8, 4) is 0 Å². The van der Waals surface area contributed by atoms with Gasteiger partial charge in [-0.2, -0.15) is 8.42 Å². The summed E-state index contributed by atoms with van der Waals surface area (Å²) in [7, 11) is -3.77. The number of hydrogen-bond donors (Lipinski definition) is 1. The Morgan fingerprint density at radius 1 is 1.35 bits per heavy atom. The molecule has 2 rings (SSSR count). The number of allylic oxidation sites excluding steroid dienone is 2. The SMILES string of the molecule is CC1C=C2CC(CCCS(=O)(=O)O)CC(C2)C1. The van der Waals surface area contributed by atoms with Crippen LogP contribution in [-0.2, 0) is 10.1 Å². The molecule has 3 unspecified atom stereocenters. The minimum atomic E-state index is -3.77. The average molecular weight is 258 g/mol. The Morgan fingerprint density at radius 2 is 2.12 bits per heavy atom. The van der Waals surface area contributed by atoms with Crippen LogP contribution < -0.4 is 0 Å². The van der Waals surface area contributed by atoms with Gasteiger partial charge in [0.1, 0.15) is 0 Å². The minimum absolute atomic E-state index is 0.0797. The molecule has 0 spiro atoms. The molecule has 1 saturated carbocycles. The molecule has 0 radical (unpaired) electrons. The summed E-state index contributed by atoms with van der Waals surface area (Å²) in [5.41, 5.74) is 1.58. The summed E-state index contributed by atoms with van der Waals surface area (Å²) in [6.45, 7) is 2.28. The monoisotopic (exact) mass is 258 g/mol. The highest BCUT2D eigenvalue weighted by atomic mass is 32.2. The van der Waals surface area contributed by atoms with Crippen molar-refractivity contribution < 1.29 is 13.0 Å². The third-order valence-corrected chi connectivity index (χ3v) is 4.81. The summed E-state index contributed by atoms with van der Waals surface area (Å²) in [4.78, 5) is 0. The van der Waals surface area contributed by atoms with E-state index in [9.17, 15) is 8.42 Å². The zero-order chi connectivity index (χ0) is 12.5. The molecule has 1 fully saturated rings. The van der Waals surface area contributed by atoms with Gasteiger partial charge in [0.2, 0.25) is 0 Å². The molecule has 0 aromatic carbocycles. The van der Waals surface area contributed by atoms with E-state index in [4.69, 9.17) is 4.55 Å². The van der Waals surface area contributed by atoms with Crippen LogP contribution in [0.2, 0.25) is 0 Å². The van der Waals surface area contributed by atoms with E-state index in [2.05, 4.69) is 13.0 Å². The Bertz CT molecular complexity index is 397. The molecule has 4 heteroatoms. The molecule has 17 heavy (non-hydrogen) atoms. The minimum Gasteiger partial charge on any atom is -0.286 e. The first kappa shape index (κ1) is 13.1. The van der Waals surface area contributed by atoms with E-state index in [1.54, 1.807) is 5.57 Å². The first-order valence-electron chi connectivity index (χ1n) is 6.57. The normalized spacial score (nSPS) is 33.3. The van der Waals surface area contributed by atoms with Gasteiger partial charge < -0.3 is 0 Å². The number of fused-ring (bicyclic) bond motifs is 2. The predicted octanol–water partition coefficient (Wildman–Crippen LogP) is 3.04. The molecule has 0 heterocycles. The lowest BCUT2D eigenvalue weighted by molar-refractivity contribution is 0.255. The second-order valence-corrected chi connectivity index (χ2v) is 7.41. The maximum atomic E-state index is 10.7. The first-order valence-corrected chi connectivity index (χ1v) is 8.18. The van der Waals surface area contributed by atoms with Crippen molar-refractivity contribution in [3.63, 3.8) is 0 Å². The van der Waals surface area contributed by atoms with Crippen LogP contribution in [0.25, 0.3) is 0 Å². The smallest absolute Gasteiger partial charge is 0.264 e. The molecule has 2 aliphatic rings. The number of rotatable bonds is 4. The van der Waals surface area contributed by atoms with Crippen molar-refractivity contribution in [2.24, 2.45) is 17.8 Å². The molecule has 2 aliphatic carbocycles. The van der Waals surface area contributed by atoms with Crippen LogP contribution in [0.1, 0.15) is 45.4 Å². The number of hydrogen-bond acceptors (Lipinski definition) is 2. The fraction of sp³-hybridized carbons (Fsp3) is 0.846. The largest absolute Gasteiger partial charge is 0.286 e. The summed E-state index contributed by atoms with van der Waals surface area (Å²) >= 11 is 0. The Hall–Kier alpha value is -0.350.